The number of aromatic nitrogens is 2. The number of aldehydes is 1. The minimum atomic E-state index is -4.27. The van der Waals surface area contributed by atoms with Crippen LogP contribution in [-0.2, 0) is 6.54 Å². The Morgan fingerprint density at radius 1 is 1.44 bits per heavy atom. The van der Waals surface area contributed by atoms with Crippen molar-refractivity contribution in [2.24, 2.45) is 0 Å². The molecule has 0 aliphatic carbocycles. The van der Waals surface area contributed by atoms with Gasteiger partial charge in [-0.2, -0.15) is 13.2 Å². The molecule has 2 heterocycles. The topological polar surface area (TPSA) is 34.9 Å². The molecule has 0 spiro atoms. The highest BCUT2D eigenvalue weighted by atomic mass is 19.4. The largest absolute Gasteiger partial charge is 0.406 e. The lowest BCUT2D eigenvalue weighted by Gasteiger charge is -2.08. The molecule has 0 N–H and O–H groups in total. The third-order valence-electron chi connectivity index (χ3n) is 2.15. The van der Waals surface area contributed by atoms with E-state index in [9.17, 15) is 18.0 Å². The van der Waals surface area contributed by atoms with Gasteiger partial charge in [0, 0.05) is 11.6 Å². The zero-order chi connectivity index (χ0) is 11.8. The zero-order valence-electron chi connectivity index (χ0n) is 8.03. The first-order valence-electron chi connectivity index (χ1n) is 4.46. The average molecular weight is 228 g/mol. The van der Waals surface area contributed by atoms with Crippen molar-refractivity contribution < 1.29 is 18.0 Å². The number of nitrogens with zero attached hydrogens (tertiary/aromatic N) is 2. The molecule has 16 heavy (non-hydrogen) atoms. The van der Waals surface area contributed by atoms with Gasteiger partial charge >= 0.3 is 6.18 Å². The summed E-state index contributed by atoms with van der Waals surface area (Å²) in [5.74, 6) is 0. The molecule has 0 saturated carbocycles. The second kappa shape index (κ2) is 3.62. The average Bonchev–Trinajstić information content (AvgIpc) is 2.58. The smallest absolute Gasteiger partial charge is 0.337 e. The molecule has 6 heteroatoms. The Balaban J connectivity index is 2.45. The van der Waals surface area contributed by atoms with E-state index in [1.54, 1.807) is 0 Å². The maximum atomic E-state index is 12.2. The van der Waals surface area contributed by atoms with Gasteiger partial charge in [0.05, 0.1) is 11.7 Å². The van der Waals surface area contributed by atoms with Gasteiger partial charge in [0.2, 0.25) is 0 Å². The lowest BCUT2D eigenvalue weighted by atomic mass is 10.3. The van der Waals surface area contributed by atoms with Crippen LogP contribution in [0.4, 0.5) is 13.2 Å². The number of carbonyl (C=O) groups excluding carboxylic acids is 1. The van der Waals surface area contributed by atoms with E-state index < -0.39 is 12.7 Å². The summed E-state index contributed by atoms with van der Waals surface area (Å²) in [5.41, 5.74) is 0.570. The van der Waals surface area contributed by atoms with Crippen molar-refractivity contribution in [3.8, 4) is 0 Å². The molecular formula is C10H7F3N2O. The molecule has 2 aromatic rings. The Hall–Kier alpha value is -1.85. The second-order valence-corrected chi connectivity index (χ2v) is 3.34. The van der Waals surface area contributed by atoms with E-state index in [4.69, 9.17) is 0 Å². The number of hydrogen-bond donors (Lipinski definition) is 0. The van der Waals surface area contributed by atoms with Crippen LogP contribution in [0, 0.1) is 0 Å². The SMILES string of the molecule is O=Cc1cc2ccn(CC(F)(F)F)c2cn1. The van der Waals surface area contributed by atoms with Crippen LogP contribution in [0.5, 0.6) is 0 Å². The summed E-state index contributed by atoms with van der Waals surface area (Å²) in [7, 11) is 0. The fraction of sp³-hybridized carbons (Fsp3) is 0.200. The van der Waals surface area contributed by atoms with E-state index in [0.29, 0.717) is 17.2 Å². The predicted molar refractivity (Wildman–Crippen MR) is 51.2 cm³/mol. The molecule has 0 radical (unpaired) electrons. The Morgan fingerprint density at radius 2 is 2.19 bits per heavy atom. The summed E-state index contributed by atoms with van der Waals surface area (Å²) in [6.45, 7) is -1.06. The van der Waals surface area contributed by atoms with Gasteiger partial charge in [0.15, 0.2) is 6.29 Å². The van der Waals surface area contributed by atoms with Gasteiger partial charge in [-0.25, -0.2) is 0 Å². The molecule has 2 aromatic heterocycles. The first kappa shape index (κ1) is 10.7. The van der Waals surface area contributed by atoms with Crippen molar-refractivity contribution in [1.29, 1.82) is 0 Å². The molecule has 0 aliphatic rings. The van der Waals surface area contributed by atoms with Crippen LogP contribution >= 0.6 is 0 Å². The zero-order valence-corrected chi connectivity index (χ0v) is 8.03. The number of alkyl halides is 3. The maximum Gasteiger partial charge on any atom is 0.406 e. The minimum Gasteiger partial charge on any atom is -0.337 e. The Morgan fingerprint density at radius 3 is 2.81 bits per heavy atom. The van der Waals surface area contributed by atoms with Crippen LogP contribution in [0.25, 0.3) is 10.9 Å². The molecule has 84 valence electrons. The third-order valence-corrected chi connectivity index (χ3v) is 2.15. The number of pyridine rings is 1. The van der Waals surface area contributed by atoms with Crippen LogP contribution in [0.3, 0.4) is 0 Å². The fourth-order valence-electron chi connectivity index (χ4n) is 1.50. The molecule has 3 nitrogen and oxygen atoms in total. The molecule has 0 fully saturated rings. The Kier molecular flexibility index (Phi) is 2.41. The second-order valence-electron chi connectivity index (χ2n) is 3.34. The molecule has 0 unspecified atom stereocenters. The van der Waals surface area contributed by atoms with Crippen molar-refractivity contribution in [1.82, 2.24) is 9.55 Å². The van der Waals surface area contributed by atoms with Crippen LogP contribution in [0.15, 0.2) is 24.5 Å². The van der Waals surface area contributed by atoms with Gasteiger partial charge in [-0.3, -0.25) is 9.78 Å². The Bertz CT molecular complexity index is 530. The summed E-state index contributed by atoms with van der Waals surface area (Å²) < 4.78 is 37.6. The van der Waals surface area contributed by atoms with Crippen LogP contribution in [-0.4, -0.2) is 22.0 Å². The maximum absolute atomic E-state index is 12.2. The van der Waals surface area contributed by atoms with Crippen molar-refractivity contribution in [3.63, 3.8) is 0 Å². The van der Waals surface area contributed by atoms with Crippen LogP contribution in [0.2, 0.25) is 0 Å². The summed E-state index contributed by atoms with van der Waals surface area (Å²) in [4.78, 5) is 14.2. The van der Waals surface area contributed by atoms with Gasteiger partial charge in [-0.05, 0) is 12.1 Å². The van der Waals surface area contributed by atoms with E-state index >= 15 is 0 Å². The number of carbonyl (C=O) groups is 1. The highest BCUT2D eigenvalue weighted by Crippen LogP contribution is 2.22. The van der Waals surface area contributed by atoms with E-state index in [2.05, 4.69) is 4.98 Å². The molecular weight excluding hydrogens is 221 g/mol. The van der Waals surface area contributed by atoms with Gasteiger partial charge in [-0.15, -0.1) is 0 Å². The summed E-state index contributed by atoms with van der Waals surface area (Å²) >= 11 is 0. The van der Waals surface area contributed by atoms with E-state index in [0.717, 1.165) is 4.57 Å². The minimum absolute atomic E-state index is 0.206. The van der Waals surface area contributed by atoms with Crippen molar-refractivity contribution in [2.45, 2.75) is 12.7 Å². The third kappa shape index (κ3) is 2.05. The van der Waals surface area contributed by atoms with E-state index in [-0.39, 0.29) is 5.69 Å². The van der Waals surface area contributed by atoms with Crippen LogP contribution < -0.4 is 0 Å². The molecule has 0 aromatic carbocycles. The number of fused-ring (bicyclic) bond motifs is 1. The normalized spacial score (nSPS) is 11.9. The first-order chi connectivity index (χ1) is 7.49. The molecule has 0 amide bonds. The first-order valence-corrected chi connectivity index (χ1v) is 4.46. The standard InChI is InChI=1S/C10H7F3N2O/c11-10(12,13)6-15-2-1-7-3-8(5-16)14-4-9(7)15/h1-5H,6H2. The molecule has 0 atom stereocenters. The summed E-state index contributed by atoms with van der Waals surface area (Å²) in [6, 6.07) is 2.98. The lowest BCUT2D eigenvalue weighted by Crippen LogP contribution is -2.16. The predicted octanol–water partition coefficient (Wildman–Crippen LogP) is 2.41. The van der Waals surface area contributed by atoms with E-state index in [1.165, 1.54) is 24.5 Å². The van der Waals surface area contributed by atoms with E-state index in [1.807, 2.05) is 0 Å². The highest BCUT2D eigenvalue weighted by molar-refractivity contribution is 5.85. The van der Waals surface area contributed by atoms with Crippen molar-refractivity contribution in [3.05, 3.63) is 30.2 Å². The summed E-state index contributed by atoms with van der Waals surface area (Å²) in [6.07, 6.45) is -1.12. The highest BCUT2D eigenvalue weighted by Gasteiger charge is 2.28. The molecule has 0 saturated heterocycles. The van der Waals surface area contributed by atoms with Crippen molar-refractivity contribution in [2.75, 3.05) is 0 Å². The monoisotopic (exact) mass is 228 g/mol. The number of hydrogen-bond acceptors (Lipinski definition) is 2. The number of halogens is 3. The van der Waals surface area contributed by atoms with Crippen molar-refractivity contribution >= 4 is 17.2 Å². The number of rotatable bonds is 2. The lowest BCUT2D eigenvalue weighted by molar-refractivity contribution is -0.139. The quantitative estimate of drug-likeness (QED) is 0.740. The van der Waals surface area contributed by atoms with Gasteiger partial charge in [0.1, 0.15) is 12.2 Å². The molecule has 2 rings (SSSR count). The fourth-order valence-corrected chi connectivity index (χ4v) is 1.50. The van der Waals surface area contributed by atoms with Crippen LogP contribution in [0.1, 0.15) is 10.5 Å². The van der Waals surface area contributed by atoms with Gasteiger partial charge < -0.3 is 4.57 Å². The Labute approximate surface area is 88.5 Å². The van der Waals surface area contributed by atoms with Gasteiger partial charge in [-0.1, -0.05) is 0 Å². The molecule has 0 bridgehead atoms. The molecule has 0 aliphatic heterocycles. The summed E-state index contributed by atoms with van der Waals surface area (Å²) in [5, 5.41) is 0.571. The van der Waals surface area contributed by atoms with Gasteiger partial charge in [0.25, 0.3) is 0 Å².